The average molecular weight is 334 g/mol. The smallest absolute Gasteiger partial charge is 0.124 e. The summed E-state index contributed by atoms with van der Waals surface area (Å²) in [4.78, 5) is 3.95. The maximum Gasteiger partial charge on any atom is 0.124 e. The van der Waals surface area contributed by atoms with Gasteiger partial charge in [-0.05, 0) is 44.6 Å². The molecule has 1 N–H and O–H groups in total. The maximum absolute atomic E-state index is 3.95. The molecule has 0 aromatic carbocycles. The Kier molecular flexibility index (Phi) is 3.91. The van der Waals surface area contributed by atoms with E-state index in [2.05, 4.69) is 71.9 Å². The highest BCUT2D eigenvalue weighted by Crippen LogP contribution is 2.56. The fourth-order valence-corrected chi connectivity index (χ4v) is 11.1. The Morgan fingerprint density at radius 1 is 1.35 bits per heavy atom. The van der Waals surface area contributed by atoms with Gasteiger partial charge in [0.1, 0.15) is 8.24 Å². The van der Waals surface area contributed by atoms with E-state index in [1.807, 2.05) is 0 Å². The molecule has 0 spiro atoms. The summed E-state index contributed by atoms with van der Waals surface area (Å²) in [7, 11) is -1.35. The summed E-state index contributed by atoms with van der Waals surface area (Å²) in [5, 5.41) is 3.17. The molecule has 0 aromatic rings. The van der Waals surface area contributed by atoms with Gasteiger partial charge in [-0.3, -0.25) is 0 Å². The van der Waals surface area contributed by atoms with Crippen molar-refractivity contribution in [3.8, 4) is 0 Å². The van der Waals surface area contributed by atoms with Crippen LogP contribution >= 0.6 is 27.7 Å². The van der Waals surface area contributed by atoms with Crippen LogP contribution in [0.1, 0.15) is 33.6 Å². The Morgan fingerprint density at radius 2 is 2.00 bits per heavy atom. The lowest BCUT2D eigenvalue weighted by Gasteiger charge is -2.39. The number of allylic oxidation sites excluding steroid dienone is 1. The van der Waals surface area contributed by atoms with E-state index < -0.39 is 8.24 Å². The summed E-state index contributed by atoms with van der Waals surface area (Å²) in [5.74, 6) is 0.804. The standard InChI is InChI=1S/C13H24BrNSSi/c1-13(2,3)15-17(4,5)11-7-6-9-10(14)8-16-12(9)11/h8-9,11-12,15H,6-7H2,1-5H3. The number of thioether (sulfide) groups is 1. The number of halogens is 1. The van der Waals surface area contributed by atoms with Crippen LogP contribution in [0.4, 0.5) is 0 Å². The Bertz CT molecular complexity index is 335. The fraction of sp³-hybridized carbons (Fsp3) is 0.846. The predicted octanol–water partition coefficient (Wildman–Crippen LogP) is 4.71. The number of nitrogens with one attached hydrogen (secondary N) is 1. The van der Waals surface area contributed by atoms with Gasteiger partial charge in [0.25, 0.3) is 0 Å². The number of hydrogen-bond donors (Lipinski definition) is 1. The largest absolute Gasteiger partial charge is 0.332 e. The summed E-state index contributed by atoms with van der Waals surface area (Å²) in [6.07, 6.45) is 2.79. The second-order valence-electron chi connectivity index (χ2n) is 6.99. The van der Waals surface area contributed by atoms with E-state index in [0.717, 1.165) is 16.7 Å². The zero-order valence-electron chi connectivity index (χ0n) is 11.5. The van der Waals surface area contributed by atoms with Crippen LogP contribution in [0.15, 0.2) is 9.89 Å². The van der Waals surface area contributed by atoms with Crippen LogP contribution < -0.4 is 4.98 Å². The van der Waals surface area contributed by atoms with Crippen molar-refractivity contribution < 1.29 is 0 Å². The Hall–Kier alpha value is 0.747. The van der Waals surface area contributed by atoms with Crippen LogP contribution in [-0.2, 0) is 0 Å². The molecule has 1 aliphatic carbocycles. The molecule has 98 valence electrons. The molecule has 2 aliphatic rings. The lowest BCUT2D eigenvalue weighted by atomic mass is 10.1. The van der Waals surface area contributed by atoms with Crippen molar-refractivity contribution >= 4 is 35.9 Å². The number of fused-ring (bicyclic) bond motifs is 1. The monoisotopic (exact) mass is 333 g/mol. The fourth-order valence-electron chi connectivity index (χ4n) is 3.51. The van der Waals surface area contributed by atoms with E-state index >= 15 is 0 Å². The highest BCUT2D eigenvalue weighted by Gasteiger charge is 2.49. The van der Waals surface area contributed by atoms with Crippen LogP contribution in [0.25, 0.3) is 0 Å². The first kappa shape index (κ1) is 14.2. The van der Waals surface area contributed by atoms with Crippen molar-refractivity contribution in [3.63, 3.8) is 0 Å². The molecule has 1 saturated carbocycles. The molecule has 0 saturated heterocycles. The summed E-state index contributed by atoms with van der Waals surface area (Å²) in [6, 6.07) is 0. The van der Waals surface area contributed by atoms with Gasteiger partial charge in [0, 0.05) is 21.2 Å². The van der Waals surface area contributed by atoms with Crippen LogP contribution in [0.5, 0.6) is 0 Å². The second kappa shape index (κ2) is 4.69. The highest BCUT2D eigenvalue weighted by molar-refractivity contribution is 9.11. The van der Waals surface area contributed by atoms with Gasteiger partial charge in [0.05, 0.1) is 0 Å². The van der Waals surface area contributed by atoms with Gasteiger partial charge in [0.15, 0.2) is 0 Å². The summed E-state index contributed by atoms with van der Waals surface area (Å²) >= 11 is 5.80. The number of rotatable bonds is 2. The van der Waals surface area contributed by atoms with Gasteiger partial charge >= 0.3 is 0 Å². The van der Waals surface area contributed by atoms with Crippen LogP contribution in [0.3, 0.4) is 0 Å². The van der Waals surface area contributed by atoms with E-state index in [0.29, 0.717) is 0 Å². The van der Waals surface area contributed by atoms with Gasteiger partial charge < -0.3 is 4.98 Å². The van der Waals surface area contributed by atoms with E-state index in [-0.39, 0.29) is 5.54 Å². The molecule has 0 radical (unpaired) electrons. The van der Waals surface area contributed by atoms with Gasteiger partial charge in [-0.25, -0.2) is 0 Å². The van der Waals surface area contributed by atoms with Crippen LogP contribution in [-0.4, -0.2) is 19.0 Å². The Balaban J connectivity index is 2.09. The lowest BCUT2D eigenvalue weighted by Crippen LogP contribution is -2.58. The van der Waals surface area contributed by atoms with Crippen molar-refractivity contribution in [2.24, 2.45) is 5.92 Å². The van der Waals surface area contributed by atoms with Crippen molar-refractivity contribution in [2.45, 2.75) is 63.0 Å². The Morgan fingerprint density at radius 3 is 2.59 bits per heavy atom. The summed E-state index contributed by atoms with van der Waals surface area (Å²) < 4.78 is 1.45. The second-order valence-corrected chi connectivity index (χ2v) is 13.4. The Labute approximate surface area is 119 Å². The first-order valence-electron chi connectivity index (χ1n) is 6.51. The van der Waals surface area contributed by atoms with Crippen molar-refractivity contribution in [3.05, 3.63) is 9.89 Å². The zero-order chi connectivity index (χ0) is 12.8. The van der Waals surface area contributed by atoms with Crippen LogP contribution in [0, 0.1) is 5.92 Å². The average Bonchev–Trinajstić information content (AvgIpc) is 2.64. The molecule has 4 heteroatoms. The third-order valence-corrected chi connectivity index (χ3v) is 10.5. The number of hydrogen-bond acceptors (Lipinski definition) is 2. The summed E-state index contributed by atoms with van der Waals surface area (Å²) in [6.45, 7) is 11.9. The third-order valence-electron chi connectivity index (χ3n) is 3.90. The lowest BCUT2D eigenvalue weighted by molar-refractivity contribution is 0.504. The molecule has 0 aromatic heterocycles. The van der Waals surface area contributed by atoms with Crippen molar-refractivity contribution in [1.29, 1.82) is 0 Å². The molecule has 1 nitrogen and oxygen atoms in total. The topological polar surface area (TPSA) is 12.0 Å². The quantitative estimate of drug-likeness (QED) is 0.734. The zero-order valence-corrected chi connectivity index (χ0v) is 14.9. The third kappa shape index (κ3) is 3.02. The molecular weight excluding hydrogens is 310 g/mol. The summed E-state index contributed by atoms with van der Waals surface area (Å²) in [5.41, 5.74) is 1.16. The molecule has 1 aliphatic heterocycles. The van der Waals surface area contributed by atoms with Gasteiger partial charge in [0.2, 0.25) is 0 Å². The minimum absolute atomic E-state index is 0.252. The molecule has 17 heavy (non-hydrogen) atoms. The maximum atomic E-state index is 3.95. The van der Waals surface area contributed by atoms with E-state index in [4.69, 9.17) is 0 Å². The van der Waals surface area contributed by atoms with Gasteiger partial charge in [-0.2, -0.15) is 0 Å². The van der Waals surface area contributed by atoms with Gasteiger partial charge in [-0.15, -0.1) is 11.8 Å². The molecule has 0 amide bonds. The molecular formula is C13H24BrNSSi. The SMILES string of the molecule is CC(C)(C)N[Si](C)(C)C1CCC2C(Br)=CSC21. The molecule has 1 heterocycles. The van der Waals surface area contributed by atoms with E-state index in [1.54, 1.807) is 0 Å². The van der Waals surface area contributed by atoms with E-state index in [9.17, 15) is 0 Å². The molecule has 1 fully saturated rings. The molecule has 2 rings (SSSR count). The molecule has 3 unspecified atom stereocenters. The predicted molar refractivity (Wildman–Crippen MR) is 85.2 cm³/mol. The highest BCUT2D eigenvalue weighted by atomic mass is 79.9. The van der Waals surface area contributed by atoms with Crippen molar-refractivity contribution in [1.82, 2.24) is 4.98 Å². The molecule has 0 bridgehead atoms. The van der Waals surface area contributed by atoms with E-state index in [1.165, 1.54) is 17.3 Å². The minimum atomic E-state index is -1.35. The first-order chi connectivity index (χ1) is 7.71. The normalized spacial score (nSPS) is 33.8. The van der Waals surface area contributed by atoms with Crippen LogP contribution in [0.2, 0.25) is 18.6 Å². The molecule has 3 atom stereocenters. The first-order valence-corrected chi connectivity index (χ1v) is 11.3. The van der Waals surface area contributed by atoms with Crippen molar-refractivity contribution in [2.75, 3.05) is 0 Å². The minimum Gasteiger partial charge on any atom is -0.332 e. The van der Waals surface area contributed by atoms with Gasteiger partial charge in [-0.1, -0.05) is 29.0 Å².